The van der Waals surface area contributed by atoms with Gasteiger partial charge in [-0.15, -0.1) is 0 Å². The van der Waals surface area contributed by atoms with E-state index >= 15 is 0 Å². The molecule has 0 spiro atoms. The van der Waals surface area contributed by atoms with Gasteiger partial charge in [-0.1, -0.05) is 24.3 Å². The van der Waals surface area contributed by atoms with Crippen LogP contribution in [-0.2, 0) is 36.9 Å². The summed E-state index contributed by atoms with van der Waals surface area (Å²) in [4.78, 5) is 52.9. The van der Waals surface area contributed by atoms with E-state index in [-0.39, 0.29) is 43.6 Å². The monoisotopic (exact) mass is 403 g/mol. The van der Waals surface area contributed by atoms with Crippen molar-refractivity contribution < 1.29 is 23.9 Å². The topological polar surface area (TPSA) is 98.0 Å². The number of imide groups is 1. The number of ether oxygens (including phenoxy) is 1. The second kappa shape index (κ2) is 8.47. The van der Waals surface area contributed by atoms with Crippen molar-refractivity contribution in [2.45, 2.75) is 39.2 Å². The third-order valence-corrected chi connectivity index (χ3v) is 5.63. The van der Waals surface area contributed by atoms with Crippen molar-refractivity contribution >= 4 is 45.2 Å². The first-order valence-electron chi connectivity index (χ1n) is 9.02. The molecule has 0 N–H and O–H groups in total. The van der Waals surface area contributed by atoms with Gasteiger partial charge in [-0.25, -0.2) is 0 Å². The molecule has 0 radical (unpaired) electrons. The van der Waals surface area contributed by atoms with Gasteiger partial charge in [-0.2, -0.15) is 4.99 Å². The van der Waals surface area contributed by atoms with E-state index in [1.807, 2.05) is 18.2 Å². The Balaban J connectivity index is 1.96. The number of methoxy groups -OCH3 is 1. The summed E-state index contributed by atoms with van der Waals surface area (Å²) >= 11 is 1.34. The van der Waals surface area contributed by atoms with Gasteiger partial charge in [-0.05, 0) is 24.1 Å². The summed E-state index contributed by atoms with van der Waals surface area (Å²) in [5.41, 5.74) is 2.02. The Labute approximate surface area is 165 Å². The van der Waals surface area contributed by atoms with Gasteiger partial charge in [-0.3, -0.25) is 24.1 Å². The van der Waals surface area contributed by atoms with Gasteiger partial charge >= 0.3 is 5.97 Å². The first-order valence-corrected chi connectivity index (χ1v) is 9.84. The number of carbonyl (C=O) groups is 4. The van der Waals surface area contributed by atoms with Crippen molar-refractivity contribution in [2.24, 2.45) is 4.99 Å². The largest absolute Gasteiger partial charge is 0.469 e. The van der Waals surface area contributed by atoms with E-state index in [2.05, 4.69) is 11.9 Å². The van der Waals surface area contributed by atoms with Crippen molar-refractivity contribution in [1.82, 2.24) is 9.47 Å². The van der Waals surface area contributed by atoms with E-state index in [0.29, 0.717) is 11.3 Å². The SMILES string of the molecule is CCc1ccc2c(c1)sc(=NC(=O)CN1C(=O)CCC1=O)n2CCC(=O)OC. The zero-order valence-electron chi connectivity index (χ0n) is 15.8. The number of esters is 1. The van der Waals surface area contributed by atoms with Gasteiger partial charge in [0, 0.05) is 19.4 Å². The first-order chi connectivity index (χ1) is 13.4. The number of hydrogen-bond acceptors (Lipinski definition) is 6. The Morgan fingerprint density at radius 3 is 2.57 bits per heavy atom. The minimum absolute atomic E-state index is 0.133. The highest BCUT2D eigenvalue weighted by molar-refractivity contribution is 7.16. The van der Waals surface area contributed by atoms with E-state index < -0.39 is 5.91 Å². The van der Waals surface area contributed by atoms with Crippen LogP contribution in [0.3, 0.4) is 0 Å². The fourth-order valence-electron chi connectivity index (χ4n) is 3.02. The second-order valence-corrected chi connectivity index (χ2v) is 7.41. The van der Waals surface area contributed by atoms with Gasteiger partial charge in [0.15, 0.2) is 4.80 Å². The van der Waals surface area contributed by atoms with Crippen LogP contribution in [0.25, 0.3) is 10.2 Å². The van der Waals surface area contributed by atoms with E-state index in [4.69, 9.17) is 4.74 Å². The minimum atomic E-state index is -0.572. The Morgan fingerprint density at radius 2 is 1.93 bits per heavy atom. The standard InChI is InChI=1S/C19H21N3O5S/c1-3-12-4-5-13-14(10-12)28-19(21(13)9-8-18(26)27-2)20-15(23)11-22-16(24)6-7-17(22)25/h4-5,10H,3,6-9,11H2,1-2H3. The first kappa shape index (κ1) is 19.9. The lowest BCUT2D eigenvalue weighted by molar-refractivity contribution is -0.142. The molecule has 1 aliphatic rings. The number of rotatable bonds is 6. The number of amides is 3. The van der Waals surface area contributed by atoms with E-state index in [1.54, 1.807) is 4.57 Å². The molecule has 148 valence electrons. The van der Waals surface area contributed by atoms with E-state index in [1.165, 1.54) is 18.4 Å². The van der Waals surface area contributed by atoms with Gasteiger partial charge in [0.1, 0.15) is 6.54 Å². The summed E-state index contributed by atoms with van der Waals surface area (Å²) in [5.74, 6) is -1.63. The highest BCUT2D eigenvalue weighted by atomic mass is 32.1. The van der Waals surface area contributed by atoms with Gasteiger partial charge in [0.2, 0.25) is 11.8 Å². The number of aryl methyl sites for hydroxylation is 2. The molecule has 1 fully saturated rings. The number of likely N-dealkylation sites (tertiary alicyclic amines) is 1. The number of hydrogen-bond donors (Lipinski definition) is 0. The predicted octanol–water partition coefficient (Wildman–Crippen LogP) is 1.40. The van der Waals surface area contributed by atoms with Crippen molar-refractivity contribution in [1.29, 1.82) is 0 Å². The molecule has 1 aromatic carbocycles. The lowest BCUT2D eigenvalue weighted by atomic mass is 10.2. The molecule has 8 nitrogen and oxygen atoms in total. The minimum Gasteiger partial charge on any atom is -0.469 e. The fourth-order valence-corrected chi connectivity index (χ4v) is 4.16. The zero-order chi connectivity index (χ0) is 20.3. The number of thiazole rings is 1. The Morgan fingerprint density at radius 1 is 1.21 bits per heavy atom. The van der Waals surface area contributed by atoms with Crippen LogP contribution in [0, 0.1) is 0 Å². The van der Waals surface area contributed by atoms with Crippen molar-refractivity contribution in [3.8, 4) is 0 Å². The molecule has 0 bridgehead atoms. The molecule has 3 amide bonds. The van der Waals surface area contributed by atoms with Crippen LogP contribution in [0.5, 0.6) is 0 Å². The predicted molar refractivity (Wildman–Crippen MR) is 102 cm³/mol. The zero-order valence-corrected chi connectivity index (χ0v) is 16.6. The van der Waals surface area contributed by atoms with E-state index in [0.717, 1.165) is 27.1 Å². The van der Waals surface area contributed by atoms with Crippen LogP contribution in [0.1, 0.15) is 31.7 Å². The van der Waals surface area contributed by atoms with Crippen molar-refractivity contribution in [2.75, 3.05) is 13.7 Å². The normalized spacial score (nSPS) is 14.9. The van der Waals surface area contributed by atoms with Crippen LogP contribution >= 0.6 is 11.3 Å². The molecule has 1 aromatic heterocycles. The maximum atomic E-state index is 12.4. The molecule has 2 heterocycles. The summed E-state index contributed by atoms with van der Waals surface area (Å²) < 4.78 is 7.44. The maximum absolute atomic E-state index is 12.4. The molecule has 1 saturated heterocycles. The average molecular weight is 403 g/mol. The molecule has 9 heteroatoms. The molecule has 0 atom stereocenters. The number of aromatic nitrogens is 1. The van der Waals surface area contributed by atoms with Crippen molar-refractivity contribution in [3.05, 3.63) is 28.6 Å². The van der Waals surface area contributed by atoms with Crippen LogP contribution in [0.15, 0.2) is 23.2 Å². The van der Waals surface area contributed by atoms with Gasteiger partial charge in [0.05, 0.1) is 23.7 Å². The quantitative estimate of drug-likeness (QED) is 0.536. The Kier molecular flexibility index (Phi) is 6.03. The molecule has 28 heavy (non-hydrogen) atoms. The van der Waals surface area contributed by atoms with Crippen LogP contribution in [-0.4, -0.2) is 46.8 Å². The molecule has 0 aliphatic carbocycles. The van der Waals surface area contributed by atoms with Crippen LogP contribution < -0.4 is 4.80 Å². The fraction of sp³-hybridized carbons (Fsp3) is 0.421. The molecule has 3 rings (SSSR count). The second-order valence-electron chi connectivity index (χ2n) is 6.40. The summed E-state index contributed by atoms with van der Waals surface area (Å²) in [7, 11) is 1.32. The lowest BCUT2D eigenvalue weighted by Gasteiger charge is -2.10. The van der Waals surface area contributed by atoms with Gasteiger partial charge in [0.25, 0.3) is 5.91 Å². The third kappa shape index (κ3) is 4.19. The molecule has 0 saturated carbocycles. The van der Waals surface area contributed by atoms with Crippen LogP contribution in [0.2, 0.25) is 0 Å². The van der Waals surface area contributed by atoms with Crippen LogP contribution in [0.4, 0.5) is 0 Å². The maximum Gasteiger partial charge on any atom is 0.307 e. The number of carbonyl (C=O) groups excluding carboxylic acids is 4. The Bertz CT molecular complexity index is 1000. The van der Waals surface area contributed by atoms with Gasteiger partial charge < -0.3 is 9.30 Å². The number of nitrogens with zero attached hydrogens (tertiary/aromatic N) is 3. The lowest BCUT2D eigenvalue weighted by Crippen LogP contribution is -2.34. The smallest absolute Gasteiger partial charge is 0.307 e. The summed E-state index contributed by atoms with van der Waals surface area (Å²) in [6.07, 6.45) is 1.28. The highest BCUT2D eigenvalue weighted by Gasteiger charge is 2.30. The summed E-state index contributed by atoms with van der Waals surface area (Å²) in [5, 5.41) is 0. The number of benzene rings is 1. The van der Waals surface area contributed by atoms with E-state index in [9.17, 15) is 19.2 Å². The summed E-state index contributed by atoms with van der Waals surface area (Å²) in [6, 6.07) is 5.97. The highest BCUT2D eigenvalue weighted by Crippen LogP contribution is 2.20. The Hall–Kier alpha value is -2.81. The molecule has 0 unspecified atom stereocenters. The molecule has 1 aliphatic heterocycles. The third-order valence-electron chi connectivity index (χ3n) is 4.59. The molecular formula is C19H21N3O5S. The van der Waals surface area contributed by atoms with Crippen molar-refractivity contribution in [3.63, 3.8) is 0 Å². The summed E-state index contributed by atoms with van der Waals surface area (Å²) in [6.45, 7) is 2.01. The average Bonchev–Trinajstić information content (AvgIpc) is 3.19. The molecule has 2 aromatic rings. The molecular weight excluding hydrogens is 382 g/mol. The number of fused-ring (bicyclic) bond motifs is 1.